The highest BCUT2D eigenvalue weighted by Crippen LogP contribution is 2.25. The van der Waals surface area contributed by atoms with Crippen LogP contribution in [0.4, 0.5) is 5.69 Å². The molecule has 0 fully saturated rings. The quantitative estimate of drug-likeness (QED) is 0.808. The van der Waals surface area contributed by atoms with E-state index in [1.165, 1.54) is 6.33 Å². The third kappa shape index (κ3) is 2.57. The van der Waals surface area contributed by atoms with Crippen LogP contribution in [0.2, 0.25) is 5.02 Å². The molecule has 2 aromatic rings. The Balaban J connectivity index is 2.20. The zero-order valence-electron chi connectivity index (χ0n) is 9.34. The second-order valence-electron chi connectivity index (χ2n) is 3.79. The average molecular weight is 253 g/mol. The molecule has 1 aromatic carbocycles. The maximum absolute atomic E-state index is 10.1. The summed E-state index contributed by atoms with van der Waals surface area (Å²) >= 11 is 5.80. The number of aliphatic hydroxyl groups excluding tert-OH is 1. The summed E-state index contributed by atoms with van der Waals surface area (Å²) in [5.41, 5.74) is 6.93. The number of aryl methyl sites for hydroxylation is 1. The van der Waals surface area contributed by atoms with Crippen LogP contribution < -0.4 is 5.73 Å². The SMILES string of the molecule is Cn1ncnc1CC(O)c1ccc(Cl)cc1N. The predicted octanol–water partition coefficient (Wildman–Crippen LogP) is 1.33. The third-order valence-corrected chi connectivity index (χ3v) is 2.82. The second-order valence-corrected chi connectivity index (χ2v) is 4.23. The molecule has 3 N–H and O–H groups in total. The fourth-order valence-electron chi connectivity index (χ4n) is 1.64. The van der Waals surface area contributed by atoms with Crippen molar-refractivity contribution >= 4 is 17.3 Å². The summed E-state index contributed by atoms with van der Waals surface area (Å²) in [6.07, 6.45) is 1.10. The van der Waals surface area contributed by atoms with Gasteiger partial charge in [-0.3, -0.25) is 4.68 Å². The van der Waals surface area contributed by atoms with Gasteiger partial charge in [0, 0.05) is 29.7 Å². The first-order valence-electron chi connectivity index (χ1n) is 5.14. The molecule has 90 valence electrons. The van der Waals surface area contributed by atoms with E-state index in [4.69, 9.17) is 17.3 Å². The normalized spacial score (nSPS) is 12.6. The van der Waals surface area contributed by atoms with Crippen LogP contribution >= 0.6 is 11.6 Å². The Morgan fingerprint density at radius 1 is 1.53 bits per heavy atom. The van der Waals surface area contributed by atoms with Crippen LogP contribution in [0.15, 0.2) is 24.5 Å². The van der Waals surface area contributed by atoms with Gasteiger partial charge in [0.2, 0.25) is 0 Å². The lowest BCUT2D eigenvalue weighted by Crippen LogP contribution is -2.09. The highest BCUT2D eigenvalue weighted by molar-refractivity contribution is 6.30. The minimum absolute atomic E-state index is 0.363. The van der Waals surface area contributed by atoms with E-state index < -0.39 is 6.10 Å². The molecule has 0 saturated carbocycles. The maximum atomic E-state index is 10.1. The van der Waals surface area contributed by atoms with E-state index in [1.807, 2.05) is 0 Å². The Hall–Kier alpha value is -1.59. The fraction of sp³-hybridized carbons (Fsp3) is 0.273. The number of nitrogens with zero attached hydrogens (tertiary/aromatic N) is 3. The molecule has 0 amide bonds. The summed E-state index contributed by atoms with van der Waals surface area (Å²) in [6, 6.07) is 5.04. The molecular formula is C11H13ClN4O. The van der Waals surface area contributed by atoms with Crippen LogP contribution in [-0.2, 0) is 13.5 Å². The molecule has 1 heterocycles. The molecule has 6 heteroatoms. The van der Waals surface area contributed by atoms with Gasteiger partial charge in [-0.1, -0.05) is 17.7 Å². The van der Waals surface area contributed by atoms with Crippen LogP contribution in [0.3, 0.4) is 0 Å². The Bertz CT molecular complexity index is 526. The molecule has 1 aromatic heterocycles. The van der Waals surface area contributed by atoms with Gasteiger partial charge in [-0.25, -0.2) is 4.98 Å². The van der Waals surface area contributed by atoms with E-state index in [9.17, 15) is 5.11 Å². The lowest BCUT2D eigenvalue weighted by atomic mass is 10.0. The molecule has 0 radical (unpaired) electrons. The van der Waals surface area contributed by atoms with Gasteiger partial charge in [0.05, 0.1) is 6.10 Å². The van der Waals surface area contributed by atoms with Gasteiger partial charge in [0.25, 0.3) is 0 Å². The molecule has 0 aliphatic rings. The zero-order valence-corrected chi connectivity index (χ0v) is 10.1. The highest BCUT2D eigenvalue weighted by Gasteiger charge is 2.14. The molecule has 1 atom stereocenters. The molecular weight excluding hydrogens is 240 g/mol. The van der Waals surface area contributed by atoms with E-state index in [-0.39, 0.29) is 0 Å². The number of nitrogen functional groups attached to an aromatic ring is 1. The van der Waals surface area contributed by atoms with Crippen molar-refractivity contribution in [3.63, 3.8) is 0 Å². The lowest BCUT2D eigenvalue weighted by molar-refractivity contribution is 0.175. The second kappa shape index (κ2) is 4.73. The Morgan fingerprint density at radius 2 is 2.29 bits per heavy atom. The third-order valence-electron chi connectivity index (χ3n) is 2.59. The molecule has 0 bridgehead atoms. The van der Waals surface area contributed by atoms with Crippen molar-refractivity contribution in [1.82, 2.24) is 14.8 Å². The number of hydrogen-bond donors (Lipinski definition) is 2. The Labute approximate surface area is 104 Å². The smallest absolute Gasteiger partial charge is 0.138 e. The number of aromatic nitrogens is 3. The van der Waals surface area contributed by atoms with E-state index in [0.29, 0.717) is 28.5 Å². The monoisotopic (exact) mass is 252 g/mol. The highest BCUT2D eigenvalue weighted by atomic mass is 35.5. The predicted molar refractivity (Wildman–Crippen MR) is 65.5 cm³/mol. The van der Waals surface area contributed by atoms with E-state index in [0.717, 1.165) is 0 Å². The van der Waals surface area contributed by atoms with Crippen LogP contribution in [0.1, 0.15) is 17.5 Å². The van der Waals surface area contributed by atoms with E-state index >= 15 is 0 Å². The first-order chi connectivity index (χ1) is 8.08. The molecule has 5 nitrogen and oxygen atoms in total. The average Bonchev–Trinajstić information content (AvgIpc) is 2.64. The first-order valence-corrected chi connectivity index (χ1v) is 5.51. The number of hydrogen-bond acceptors (Lipinski definition) is 4. The molecule has 17 heavy (non-hydrogen) atoms. The van der Waals surface area contributed by atoms with E-state index in [2.05, 4.69) is 10.1 Å². The van der Waals surface area contributed by atoms with Crippen molar-refractivity contribution in [2.75, 3.05) is 5.73 Å². The van der Waals surface area contributed by atoms with Crippen molar-refractivity contribution in [3.8, 4) is 0 Å². The Kier molecular flexibility index (Phi) is 3.31. The molecule has 0 aliphatic heterocycles. The summed E-state index contributed by atoms with van der Waals surface area (Å²) < 4.78 is 1.62. The van der Waals surface area contributed by atoms with Gasteiger partial charge in [-0.2, -0.15) is 5.10 Å². The number of anilines is 1. The maximum Gasteiger partial charge on any atom is 0.138 e. The molecule has 0 spiro atoms. The van der Waals surface area contributed by atoms with Crippen LogP contribution in [0.5, 0.6) is 0 Å². The molecule has 0 saturated heterocycles. The zero-order chi connectivity index (χ0) is 12.4. The lowest BCUT2D eigenvalue weighted by Gasteiger charge is -2.13. The van der Waals surface area contributed by atoms with Crippen molar-refractivity contribution in [1.29, 1.82) is 0 Å². The first kappa shape index (κ1) is 11.9. The van der Waals surface area contributed by atoms with Crippen LogP contribution in [-0.4, -0.2) is 19.9 Å². The van der Waals surface area contributed by atoms with E-state index in [1.54, 1.807) is 29.9 Å². The number of nitrogens with two attached hydrogens (primary N) is 1. The van der Waals surface area contributed by atoms with Crippen molar-refractivity contribution in [3.05, 3.63) is 40.9 Å². The van der Waals surface area contributed by atoms with Crippen LogP contribution in [0.25, 0.3) is 0 Å². The summed E-state index contributed by atoms with van der Waals surface area (Å²) in [5, 5.41) is 14.6. The van der Waals surface area contributed by atoms with Gasteiger partial charge in [0.15, 0.2) is 0 Å². The fourth-order valence-corrected chi connectivity index (χ4v) is 1.82. The van der Waals surface area contributed by atoms with Crippen molar-refractivity contribution < 1.29 is 5.11 Å². The number of benzene rings is 1. The van der Waals surface area contributed by atoms with Gasteiger partial charge >= 0.3 is 0 Å². The molecule has 2 rings (SSSR count). The van der Waals surface area contributed by atoms with Crippen molar-refractivity contribution in [2.24, 2.45) is 7.05 Å². The summed E-state index contributed by atoms with van der Waals surface area (Å²) in [7, 11) is 1.78. The molecule has 1 unspecified atom stereocenters. The largest absolute Gasteiger partial charge is 0.398 e. The van der Waals surface area contributed by atoms with Crippen molar-refractivity contribution in [2.45, 2.75) is 12.5 Å². The Morgan fingerprint density at radius 3 is 2.88 bits per heavy atom. The number of halogens is 1. The minimum atomic E-state index is -0.713. The van der Waals surface area contributed by atoms with Gasteiger partial charge in [0.1, 0.15) is 12.2 Å². The standard InChI is InChI=1S/C11H13ClN4O/c1-16-11(14-6-15-16)5-10(17)8-3-2-7(12)4-9(8)13/h2-4,6,10,17H,5,13H2,1H3. The summed E-state index contributed by atoms with van der Waals surface area (Å²) in [5.74, 6) is 0.701. The number of aliphatic hydroxyl groups is 1. The summed E-state index contributed by atoms with van der Waals surface area (Å²) in [6.45, 7) is 0. The minimum Gasteiger partial charge on any atom is -0.398 e. The van der Waals surface area contributed by atoms with Gasteiger partial charge in [-0.05, 0) is 12.1 Å². The van der Waals surface area contributed by atoms with Gasteiger partial charge in [-0.15, -0.1) is 0 Å². The number of rotatable bonds is 3. The molecule has 0 aliphatic carbocycles. The van der Waals surface area contributed by atoms with Gasteiger partial charge < -0.3 is 10.8 Å². The summed E-state index contributed by atoms with van der Waals surface area (Å²) in [4.78, 5) is 4.05. The van der Waals surface area contributed by atoms with Crippen LogP contribution in [0, 0.1) is 0 Å². The topological polar surface area (TPSA) is 77.0 Å².